The summed E-state index contributed by atoms with van der Waals surface area (Å²) in [6.45, 7) is 16.8. The van der Waals surface area contributed by atoms with Crippen LogP contribution < -0.4 is 5.32 Å². The van der Waals surface area contributed by atoms with Crippen molar-refractivity contribution in [2.75, 3.05) is 0 Å². The van der Waals surface area contributed by atoms with Gasteiger partial charge in [-0.25, -0.2) is 0 Å². The first-order valence-electron chi connectivity index (χ1n) is 6.31. The molecular weight excluding hydrogens is 198 g/mol. The summed E-state index contributed by atoms with van der Waals surface area (Å²) in [6.07, 6.45) is 1.04. The van der Waals surface area contributed by atoms with Crippen molar-refractivity contribution < 1.29 is 4.79 Å². The van der Waals surface area contributed by atoms with E-state index in [9.17, 15) is 4.79 Å². The van der Waals surface area contributed by atoms with Crippen molar-refractivity contribution in [2.24, 2.45) is 17.3 Å². The zero-order chi connectivity index (χ0) is 13.1. The molecular formula is C14H29NO. The molecule has 0 aromatic rings. The quantitative estimate of drug-likeness (QED) is 0.784. The lowest BCUT2D eigenvalue weighted by molar-refractivity contribution is -0.132. The van der Waals surface area contributed by atoms with E-state index in [1.807, 2.05) is 20.8 Å². The first kappa shape index (κ1) is 15.5. The molecule has 16 heavy (non-hydrogen) atoms. The number of hydrogen-bond donors (Lipinski definition) is 1. The Morgan fingerprint density at radius 3 is 1.81 bits per heavy atom. The Labute approximate surface area is 101 Å². The molecule has 0 aliphatic carbocycles. The van der Waals surface area contributed by atoms with Crippen LogP contribution in [0.5, 0.6) is 0 Å². The fraction of sp³-hybridized carbons (Fsp3) is 0.929. The van der Waals surface area contributed by atoms with E-state index in [4.69, 9.17) is 0 Å². The van der Waals surface area contributed by atoms with Crippen molar-refractivity contribution in [1.82, 2.24) is 5.32 Å². The molecule has 0 spiro atoms. The van der Waals surface area contributed by atoms with Crippen molar-refractivity contribution >= 4 is 5.91 Å². The fourth-order valence-corrected chi connectivity index (χ4v) is 2.19. The van der Waals surface area contributed by atoms with Crippen LogP contribution in [0.15, 0.2) is 0 Å². The number of carbonyl (C=O) groups is 1. The maximum absolute atomic E-state index is 12.3. The molecule has 2 atom stereocenters. The summed E-state index contributed by atoms with van der Waals surface area (Å²) in [5.74, 6) is 0.688. The van der Waals surface area contributed by atoms with Crippen LogP contribution in [0.1, 0.15) is 61.8 Å². The number of nitrogens with one attached hydrogen (secondary N) is 1. The predicted molar refractivity (Wildman–Crippen MR) is 70.3 cm³/mol. The molecule has 0 aromatic carbocycles. The van der Waals surface area contributed by atoms with Gasteiger partial charge in [-0.1, -0.05) is 41.0 Å². The molecule has 0 saturated heterocycles. The summed E-state index contributed by atoms with van der Waals surface area (Å²) in [5.41, 5.74) is -0.126. The van der Waals surface area contributed by atoms with Crippen molar-refractivity contribution in [3.8, 4) is 0 Å². The van der Waals surface area contributed by atoms with Gasteiger partial charge in [-0.3, -0.25) is 4.79 Å². The minimum Gasteiger partial charge on any atom is -0.351 e. The predicted octanol–water partition coefficient (Wildman–Crippen LogP) is 3.61. The second kappa shape index (κ2) is 5.20. The number of rotatable bonds is 3. The van der Waals surface area contributed by atoms with Crippen LogP contribution in [0.3, 0.4) is 0 Å². The first-order valence-corrected chi connectivity index (χ1v) is 6.31. The molecule has 0 aliphatic heterocycles. The van der Waals surface area contributed by atoms with Crippen LogP contribution in [0, 0.1) is 17.3 Å². The van der Waals surface area contributed by atoms with Crippen LogP contribution in [-0.4, -0.2) is 11.4 Å². The van der Waals surface area contributed by atoms with Crippen LogP contribution in [-0.2, 0) is 4.79 Å². The van der Waals surface area contributed by atoms with E-state index >= 15 is 0 Å². The molecule has 1 N–H and O–H groups in total. The van der Waals surface area contributed by atoms with Gasteiger partial charge in [0.2, 0.25) is 5.91 Å². The number of amides is 1. The zero-order valence-corrected chi connectivity index (χ0v) is 12.3. The van der Waals surface area contributed by atoms with Crippen LogP contribution in [0.2, 0.25) is 0 Å². The summed E-state index contributed by atoms with van der Waals surface area (Å²) in [6, 6.07) is 0. The highest BCUT2D eigenvalue weighted by molar-refractivity contribution is 5.80. The van der Waals surface area contributed by atoms with Gasteiger partial charge in [0.1, 0.15) is 0 Å². The van der Waals surface area contributed by atoms with Gasteiger partial charge in [-0.05, 0) is 32.1 Å². The molecule has 96 valence electrons. The summed E-state index contributed by atoms with van der Waals surface area (Å²) in [7, 11) is 0. The average molecular weight is 227 g/mol. The molecule has 0 aliphatic rings. The largest absolute Gasteiger partial charge is 0.351 e. The van der Waals surface area contributed by atoms with Gasteiger partial charge in [0.15, 0.2) is 0 Å². The lowest BCUT2D eigenvalue weighted by Gasteiger charge is -2.36. The second-order valence-electron chi connectivity index (χ2n) is 6.97. The maximum Gasteiger partial charge on any atom is 0.224 e. The Morgan fingerprint density at radius 1 is 1.12 bits per heavy atom. The van der Waals surface area contributed by atoms with Crippen molar-refractivity contribution in [1.29, 1.82) is 0 Å². The Morgan fingerprint density at radius 2 is 1.56 bits per heavy atom. The Balaban J connectivity index is 4.86. The molecule has 0 rings (SSSR count). The molecule has 0 fully saturated rings. The highest BCUT2D eigenvalue weighted by Crippen LogP contribution is 2.34. The van der Waals surface area contributed by atoms with E-state index in [1.165, 1.54) is 0 Å². The summed E-state index contributed by atoms with van der Waals surface area (Å²) < 4.78 is 0. The molecule has 0 radical (unpaired) electrons. The minimum absolute atomic E-state index is 0.0186. The van der Waals surface area contributed by atoms with E-state index in [0.717, 1.165) is 6.42 Å². The third kappa shape index (κ3) is 5.00. The third-order valence-corrected chi connectivity index (χ3v) is 2.93. The molecule has 0 bridgehead atoms. The molecule has 1 amide bonds. The van der Waals surface area contributed by atoms with E-state index in [0.29, 0.717) is 5.92 Å². The van der Waals surface area contributed by atoms with E-state index in [1.54, 1.807) is 0 Å². The molecule has 0 heterocycles. The van der Waals surface area contributed by atoms with Crippen LogP contribution >= 0.6 is 0 Å². The molecule has 0 aromatic heterocycles. The van der Waals surface area contributed by atoms with Gasteiger partial charge >= 0.3 is 0 Å². The molecule has 2 nitrogen and oxygen atoms in total. The van der Waals surface area contributed by atoms with E-state index in [-0.39, 0.29) is 22.8 Å². The van der Waals surface area contributed by atoms with Crippen molar-refractivity contribution in [2.45, 2.75) is 67.3 Å². The molecule has 2 heteroatoms. The second-order valence-corrected chi connectivity index (χ2v) is 6.97. The standard InChI is InChI=1S/C14H29NO/c1-9-10(2)11(13(3,4)5)12(16)15-14(6,7)8/h10-11H,9H2,1-8H3,(H,15,16)/t10?,11-/m0/s1. The number of hydrogen-bond acceptors (Lipinski definition) is 1. The van der Waals surface area contributed by atoms with Crippen LogP contribution in [0.25, 0.3) is 0 Å². The zero-order valence-electron chi connectivity index (χ0n) is 12.3. The lowest BCUT2D eigenvalue weighted by Crippen LogP contribution is -2.48. The fourth-order valence-electron chi connectivity index (χ4n) is 2.19. The first-order chi connectivity index (χ1) is 6.99. The van der Waals surface area contributed by atoms with E-state index in [2.05, 4.69) is 39.9 Å². The lowest BCUT2D eigenvalue weighted by atomic mass is 9.72. The normalized spacial score (nSPS) is 16.8. The molecule has 1 unspecified atom stereocenters. The van der Waals surface area contributed by atoms with Gasteiger partial charge in [0.05, 0.1) is 0 Å². The summed E-state index contributed by atoms with van der Waals surface area (Å²) in [4.78, 5) is 12.3. The van der Waals surface area contributed by atoms with Gasteiger partial charge in [-0.2, -0.15) is 0 Å². The maximum atomic E-state index is 12.3. The topological polar surface area (TPSA) is 29.1 Å². The highest BCUT2D eigenvalue weighted by atomic mass is 16.2. The van der Waals surface area contributed by atoms with Gasteiger partial charge in [-0.15, -0.1) is 0 Å². The molecule has 0 saturated carbocycles. The monoisotopic (exact) mass is 227 g/mol. The Hall–Kier alpha value is -0.530. The Kier molecular flexibility index (Phi) is 5.03. The highest BCUT2D eigenvalue weighted by Gasteiger charge is 2.36. The third-order valence-electron chi connectivity index (χ3n) is 2.93. The van der Waals surface area contributed by atoms with Gasteiger partial charge in [0.25, 0.3) is 0 Å². The van der Waals surface area contributed by atoms with Crippen molar-refractivity contribution in [3.63, 3.8) is 0 Å². The SMILES string of the molecule is CCC(C)[C@@H](C(=O)NC(C)(C)C)C(C)(C)C. The average Bonchev–Trinajstić information content (AvgIpc) is 1.97. The van der Waals surface area contributed by atoms with E-state index < -0.39 is 0 Å². The Bertz CT molecular complexity index is 232. The van der Waals surface area contributed by atoms with Crippen LogP contribution in [0.4, 0.5) is 0 Å². The summed E-state index contributed by atoms with van der Waals surface area (Å²) >= 11 is 0. The van der Waals surface area contributed by atoms with Crippen molar-refractivity contribution in [3.05, 3.63) is 0 Å². The smallest absolute Gasteiger partial charge is 0.224 e. The van der Waals surface area contributed by atoms with Gasteiger partial charge in [0, 0.05) is 11.5 Å². The summed E-state index contributed by atoms with van der Waals surface area (Å²) in [5, 5.41) is 3.10. The van der Waals surface area contributed by atoms with Gasteiger partial charge < -0.3 is 5.32 Å². The minimum atomic E-state index is -0.145. The number of carbonyl (C=O) groups excluding carboxylic acids is 1.